The van der Waals surface area contributed by atoms with Gasteiger partial charge in [-0.05, 0) is 57.4 Å². The van der Waals surface area contributed by atoms with Crippen molar-refractivity contribution < 1.29 is 37.3 Å². The Balaban J connectivity index is 5.00. The molecule has 0 aromatic carbocycles. The van der Waals surface area contributed by atoms with E-state index in [2.05, 4.69) is 38.2 Å². The van der Waals surface area contributed by atoms with Crippen LogP contribution in [0.2, 0.25) is 0 Å². The van der Waals surface area contributed by atoms with Crippen LogP contribution in [0.5, 0.6) is 0 Å². The predicted octanol–water partition coefficient (Wildman–Crippen LogP) is 20.5. The van der Waals surface area contributed by atoms with Gasteiger partial charge in [0.1, 0.15) is 19.3 Å². The lowest BCUT2D eigenvalue weighted by Gasteiger charge is -2.27. The Kier molecular flexibility index (Phi) is 55.6. The minimum absolute atomic E-state index is 0.0444. The number of esters is 1. The van der Waals surface area contributed by atoms with Crippen LogP contribution in [-0.4, -0.2) is 74.3 Å². The first kappa shape index (κ1) is 74.5. The lowest BCUT2D eigenvalue weighted by Crippen LogP contribution is -2.47. The molecular formula is C66H130N2O7P+. The molecule has 0 bridgehead atoms. The summed E-state index contributed by atoms with van der Waals surface area (Å²) in [6, 6.07) is -0.841. The molecule has 0 radical (unpaired) electrons. The molecule has 0 saturated carbocycles. The SMILES string of the molecule is CCCCCCCC/C=C/CCCCCCCCCCCCCCCCCC(=O)OC(/C=C\CCCCCCCCCCC)C(COP(=O)(O)OCC[N+](C)(C)C)NC(=O)CCCCCCCCCCCCCCCC. The third kappa shape index (κ3) is 57.2. The number of hydrogen-bond donors (Lipinski definition) is 2. The molecule has 0 rings (SSSR count). The molecule has 3 atom stereocenters. The fourth-order valence-corrected chi connectivity index (χ4v) is 10.7. The number of nitrogens with one attached hydrogen (secondary N) is 1. The molecule has 0 aliphatic carbocycles. The summed E-state index contributed by atoms with van der Waals surface area (Å²) in [5.41, 5.74) is 0. The minimum Gasteiger partial charge on any atom is -0.456 e. The Bertz CT molecular complexity index is 1350. The summed E-state index contributed by atoms with van der Waals surface area (Å²) in [5.74, 6) is -0.486. The summed E-state index contributed by atoms with van der Waals surface area (Å²) in [7, 11) is 1.51. The molecule has 450 valence electrons. The second kappa shape index (κ2) is 56.8. The van der Waals surface area contributed by atoms with Crippen molar-refractivity contribution in [1.82, 2.24) is 5.32 Å². The third-order valence-electron chi connectivity index (χ3n) is 15.1. The van der Waals surface area contributed by atoms with E-state index in [0.717, 1.165) is 57.8 Å². The predicted molar refractivity (Wildman–Crippen MR) is 328 cm³/mol. The molecular weight excluding hydrogens is 964 g/mol. The highest BCUT2D eigenvalue weighted by molar-refractivity contribution is 7.47. The van der Waals surface area contributed by atoms with E-state index < -0.39 is 20.0 Å². The molecule has 2 N–H and O–H groups in total. The average molecular weight is 1090 g/mol. The van der Waals surface area contributed by atoms with Gasteiger partial charge in [-0.2, -0.15) is 0 Å². The van der Waals surface area contributed by atoms with Crippen molar-refractivity contribution in [3.8, 4) is 0 Å². The van der Waals surface area contributed by atoms with Gasteiger partial charge in [-0.1, -0.05) is 289 Å². The number of rotatable bonds is 61. The number of carbonyl (C=O) groups is 2. The molecule has 0 spiro atoms. The fraction of sp³-hybridized carbons (Fsp3) is 0.909. The number of nitrogens with zero attached hydrogens (tertiary/aromatic N) is 1. The van der Waals surface area contributed by atoms with Gasteiger partial charge in [0, 0.05) is 12.8 Å². The van der Waals surface area contributed by atoms with Crippen LogP contribution in [0.3, 0.4) is 0 Å². The lowest BCUT2D eigenvalue weighted by atomic mass is 10.0. The van der Waals surface area contributed by atoms with Gasteiger partial charge in [-0.3, -0.25) is 18.6 Å². The zero-order chi connectivity index (χ0) is 55.7. The molecule has 1 amide bonds. The Morgan fingerprint density at radius 3 is 1.12 bits per heavy atom. The van der Waals surface area contributed by atoms with Gasteiger partial charge in [0.05, 0.1) is 33.8 Å². The van der Waals surface area contributed by atoms with Crippen LogP contribution in [0.25, 0.3) is 0 Å². The van der Waals surface area contributed by atoms with E-state index in [1.807, 2.05) is 33.3 Å². The van der Waals surface area contributed by atoms with Crippen molar-refractivity contribution in [3.05, 3.63) is 24.3 Å². The van der Waals surface area contributed by atoms with Crippen LogP contribution >= 0.6 is 7.82 Å². The largest absolute Gasteiger partial charge is 0.472 e. The van der Waals surface area contributed by atoms with Crippen molar-refractivity contribution in [2.45, 2.75) is 348 Å². The van der Waals surface area contributed by atoms with Gasteiger partial charge in [0.2, 0.25) is 5.91 Å². The van der Waals surface area contributed by atoms with Crippen molar-refractivity contribution in [1.29, 1.82) is 0 Å². The first-order valence-corrected chi connectivity index (χ1v) is 34.7. The van der Waals surface area contributed by atoms with Crippen molar-refractivity contribution in [2.24, 2.45) is 0 Å². The molecule has 10 heteroatoms. The third-order valence-corrected chi connectivity index (χ3v) is 16.1. The smallest absolute Gasteiger partial charge is 0.456 e. The summed E-state index contributed by atoms with van der Waals surface area (Å²) in [4.78, 5) is 37.7. The molecule has 0 heterocycles. The van der Waals surface area contributed by atoms with E-state index in [1.54, 1.807) is 0 Å². The summed E-state index contributed by atoms with van der Waals surface area (Å²) < 4.78 is 30.7. The van der Waals surface area contributed by atoms with Crippen molar-refractivity contribution in [3.63, 3.8) is 0 Å². The zero-order valence-electron chi connectivity index (χ0n) is 51.5. The van der Waals surface area contributed by atoms with Gasteiger partial charge in [-0.25, -0.2) is 4.57 Å². The number of amides is 1. The van der Waals surface area contributed by atoms with Crippen LogP contribution < -0.4 is 5.32 Å². The van der Waals surface area contributed by atoms with Gasteiger partial charge in [0.25, 0.3) is 0 Å². The molecule has 76 heavy (non-hydrogen) atoms. The topological polar surface area (TPSA) is 111 Å². The first-order valence-electron chi connectivity index (χ1n) is 33.2. The number of hydrogen-bond acceptors (Lipinski definition) is 6. The van der Waals surface area contributed by atoms with Crippen molar-refractivity contribution >= 4 is 19.7 Å². The minimum atomic E-state index is -4.44. The normalized spacial score (nSPS) is 13.7. The number of likely N-dealkylation sites (N-methyl/N-ethyl adjacent to an activating group) is 1. The summed E-state index contributed by atoms with van der Waals surface area (Å²) >= 11 is 0. The second-order valence-corrected chi connectivity index (χ2v) is 25.5. The summed E-state index contributed by atoms with van der Waals surface area (Å²) in [5, 5.41) is 3.06. The van der Waals surface area contributed by atoms with E-state index in [9.17, 15) is 19.0 Å². The number of unbranched alkanes of at least 4 members (excludes halogenated alkanes) is 43. The lowest BCUT2D eigenvalue weighted by molar-refractivity contribution is -0.870. The summed E-state index contributed by atoms with van der Waals surface area (Å²) in [6.07, 6.45) is 67.6. The van der Waals surface area contributed by atoms with E-state index >= 15 is 0 Å². The van der Waals surface area contributed by atoms with Crippen LogP contribution in [0.1, 0.15) is 335 Å². The number of ether oxygens (including phenoxy) is 1. The quantitative estimate of drug-likeness (QED) is 0.0205. The second-order valence-electron chi connectivity index (χ2n) is 24.0. The van der Waals surface area contributed by atoms with Gasteiger partial charge >= 0.3 is 13.8 Å². The van der Waals surface area contributed by atoms with E-state index in [0.29, 0.717) is 23.9 Å². The number of quaternary nitrogens is 1. The Hall–Kier alpha value is -1.51. The highest BCUT2D eigenvalue weighted by atomic mass is 31.2. The van der Waals surface area contributed by atoms with Crippen molar-refractivity contribution in [2.75, 3.05) is 40.9 Å². The molecule has 0 fully saturated rings. The van der Waals surface area contributed by atoms with Gasteiger partial charge < -0.3 is 19.4 Å². The number of carbonyl (C=O) groups excluding carboxylic acids is 2. The van der Waals surface area contributed by atoms with Crippen LogP contribution in [0.15, 0.2) is 24.3 Å². The molecule has 0 aliphatic heterocycles. The maximum absolute atomic E-state index is 13.5. The number of phosphoric acid groups is 1. The van der Waals surface area contributed by atoms with E-state index in [1.165, 1.54) is 244 Å². The summed E-state index contributed by atoms with van der Waals surface area (Å²) in [6.45, 7) is 7.05. The van der Waals surface area contributed by atoms with Crippen LogP contribution in [0.4, 0.5) is 0 Å². The van der Waals surface area contributed by atoms with Crippen LogP contribution in [-0.2, 0) is 27.9 Å². The Labute approximate surface area is 473 Å². The molecule has 0 aromatic heterocycles. The molecule has 3 unspecified atom stereocenters. The first-order chi connectivity index (χ1) is 36.9. The standard InChI is InChI=1S/C66H129N2O7P/c1-7-10-13-16-19-22-25-27-29-30-31-32-33-34-35-36-37-38-39-41-44-47-50-53-56-59-66(70)75-64(57-54-51-48-45-42-24-21-18-15-12-9-3)63(62-74-76(71,72)73-61-60-68(4,5)6)67-65(69)58-55-52-49-46-43-40-28-26-23-20-17-14-11-8-2/h27,29,54,57,63-64H,7-26,28,30-53,55-56,58-62H2,1-6H3,(H-,67,69,71,72)/p+1/b29-27+,57-54-. The Morgan fingerprint density at radius 2 is 0.763 bits per heavy atom. The average Bonchev–Trinajstić information content (AvgIpc) is 3.38. The maximum Gasteiger partial charge on any atom is 0.472 e. The van der Waals surface area contributed by atoms with Crippen LogP contribution in [0, 0.1) is 0 Å². The molecule has 0 aliphatic rings. The molecule has 9 nitrogen and oxygen atoms in total. The monoisotopic (exact) mass is 1090 g/mol. The fourth-order valence-electron chi connectivity index (χ4n) is 10.00. The number of phosphoric ester groups is 1. The van der Waals surface area contributed by atoms with Gasteiger partial charge in [-0.15, -0.1) is 0 Å². The number of allylic oxidation sites excluding steroid dienone is 3. The highest BCUT2D eigenvalue weighted by Gasteiger charge is 2.30. The molecule has 0 aromatic rings. The maximum atomic E-state index is 13.5. The zero-order valence-corrected chi connectivity index (χ0v) is 52.4. The molecule has 0 saturated heterocycles. The Morgan fingerprint density at radius 1 is 0.447 bits per heavy atom. The highest BCUT2D eigenvalue weighted by Crippen LogP contribution is 2.43. The van der Waals surface area contributed by atoms with Gasteiger partial charge in [0.15, 0.2) is 0 Å². The van der Waals surface area contributed by atoms with E-state index in [4.69, 9.17) is 13.8 Å². The van der Waals surface area contributed by atoms with E-state index in [-0.39, 0.29) is 25.1 Å².